The molecular weight excluding hydrogens is 400 g/mol. The highest BCUT2D eigenvalue weighted by Gasteiger charge is 2.42. The van der Waals surface area contributed by atoms with E-state index in [1.165, 1.54) is 0 Å². The Morgan fingerprint density at radius 1 is 1.27 bits per heavy atom. The van der Waals surface area contributed by atoms with Gasteiger partial charge in [-0.15, -0.1) is 0 Å². The van der Waals surface area contributed by atoms with Crippen LogP contribution in [0.15, 0.2) is 24.4 Å². The van der Waals surface area contributed by atoms with Crippen molar-refractivity contribution in [2.45, 2.75) is 19.0 Å². The minimum atomic E-state index is -2.74. The van der Waals surface area contributed by atoms with Crippen molar-refractivity contribution in [1.29, 1.82) is 0 Å². The summed E-state index contributed by atoms with van der Waals surface area (Å²) in [5.74, 6) is 0.779. The molecule has 2 fully saturated rings. The highest BCUT2D eigenvalue weighted by atomic mass is 19.3. The van der Waals surface area contributed by atoms with Gasteiger partial charge in [-0.2, -0.15) is 0 Å². The molecule has 2 aromatic rings. The van der Waals surface area contributed by atoms with Crippen LogP contribution in [0.5, 0.6) is 5.75 Å². The standard InChI is InChI=1S/C19H19F2N5O4/c20-16(21)13-9-30-19(28)26(13)15-8-24-3-4-29-14-5-11(1-2-12(14)18(24)23-15)25-6-10(7-25)17(22)27/h1-2,5,8,10,13,16H,3-4,6-7,9H2,(H2,22,27). The van der Waals surface area contributed by atoms with Crippen molar-refractivity contribution in [2.75, 3.05) is 36.1 Å². The lowest BCUT2D eigenvalue weighted by Gasteiger charge is -2.39. The van der Waals surface area contributed by atoms with Crippen molar-refractivity contribution in [2.24, 2.45) is 11.7 Å². The maximum absolute atomic E-state index is 13.3. The number of nitrogens with two attached hydrogens (primary N) is 1. The summed E-state index contributed by atoms with van der Waals surface area (Å²) in [4.78, 5) is 30.6. The second kappa shape index (κ2) is 6.85. The summed E-state index contributed by atoms with van der Waals surface area (Å²) in [5.41, 5.74) is 6.92. The molecule has 0 saturated carbocycles. The Balaban J connectivity index is 1.46. The number of aromatic nitrogens is 2. The maximum Gasteiger partial charge on any atom is 0.416 e. The number of anilines is 2. The zero-order valence-corrected chi connectivity index (χ0v) is 15.8. The molecule has 0 spiro atoms. The third-order valence-electron chi connectivity index (χ3n) is 5.65. The quantitative estimate of drug-likeness (QED) is 0.805. The number of halogens is 2. The number of ether oxygens (including phenoxy) is 2. The molecule has 5 rings (SSSR count). The first kappa shape index (κ1) is 18.6. The smallest absolute Gasteiger partial charge is 0.416 e. The van der Waals surface area contributed by atoms with E-state index in [1.807, 2.05) is 23.1 Å². The van der Waals surface area contributed by atoms with Crippen LogP contribution in [0.3, 0.4) is 0 Å². The number of primary amides is 1. The molecule has 1 atom stereocenters. The fraction of sp³-hybridized carbons (Fsp3) is 0.421. The number of alkyl halides is 2. The number of rotatable bonds is 4. The van der Waals surface area contributed by atoms with E-state index in [2.05, 4.69) is 4.98 Å². The molecule has 0 radical (unpaired) electrons. The number of benzene rings is 1. The summed E-state index contributed by atoms with van der Waals surface area (Å²) in [7, 11) is 0. The van der Waals surface area contributed by atoms with Gasteiger partial charge < -0.3 is 24.7 Å². The van der Waals surface area contributed by atoms with Crippen LogP contribution in [0.1, 0.15) is 0 Å². The second-order valence-corrected chi connectivity index (χ2v) is 7.50. The highest BCUT2D eigenvalue weighted by Crippen LogP contribution is 2.38. The highest BCUT2D eigenvalue weighted by molar-refractivity contribution is 5.89. The number of hydrogen-bond acceptors (Lipinski definition) is 6. The van der Waals surface area contributed by atoms with Crippen molar-refractivity contribution < 1.29 is 27.8 Å². The van der Waals surface area contributed by atoms with Crippen molar-refractivity contribution in [3.05, 3.63) is 24.4 Å². The lowest BCUT2D eigenvalue weighted by atomic mass is 9.98. The minimum absolute atomic E-state index is 0.127. The van der Waals surface area contributed by atoms with Gasteiger partial charge in [0.1, 0.15) is 30.8 Å². The van der Waals surface area contributed by atoms with E-state index in [4.69, 9.17) is 15.2 Å². The molecule has 3 aliphatic rings. The molecule has 9 nitrogen and oxygen atoms in total. The van der Waals surface area contributed by atoms with E-state index < -0.39 is 18.6 Å². The number of carbonyl (C=O) groups excluding carboxylic acids is 2. The average Bonchev–Trinajstić information content (AvgIpc) is 3.20. The van der Waals surface area contributed by atoms with E-state index in [-0.39, 0.29) is 24.2 Å². The normalized spacial score (nSPS) is 20.9. The lowest BCUT2D eigenvalue weighted by Crippen LogP contribution is -2.52. The molecule has 11 heteroatoms. The van der Waals surface area contributed by atoms with Crippen LogP contribution in [0.25, 0.3) is 11.4 Å². The van der Waals surface area contributed by atoms with Crippen molar-refractivity contribution in [3.63, 3.8) is 0 Å². The summed E-state index contributed by atoms with van der Waals surface area (Å²) in [6.45, 7) is 1.54. The first-order valence-corrected chi connectivity index (χ1v) is 9.55. The van der Waals surface area contributed by atoms with E-state index in [0.29, 0.717) is 43.4 Å². The molecule has 30 heavy (non-hydrogen) atoms. The topological polar surface area (TPSA) is 103 Å². The van der Waals surface area contributed by atoms with Gasteiger partial charge in [-0.05, 0) is 12.1 Å². The second-order valence-electron chi connectivity index (χ2n) is 7.50. The lowest BCUT2D eigenvalue weighted by molar-refractivity contribution is -0.122. The molecule has 1 unspecified atom stereocenters. The first-order chi connectivity index (χ1) is 14.4. The van der Waals surface area contributed by atoms with Crippen LogP contribution >= 0.6 is 0 Å². The van der Waals surface area contributed by atoms with Gasteiger partial charge in [-0.25, -0.2) is 23.5 Å². The van der Waals surface area contributed by atoms with Crippen LogP contribution in [0, 0.1) is 5.92 Å². The average molecular weight is 419 g/mol. The van der Waals surface area contributed by atoms with Crippen LogP contribution in [-0.4, -0.2) is 60.3 Å². The Kier molecular flexibility index (Phi) is 4.26. The van der Waals surface area contributed by atoms with Crippen LogP contribution in [0.4, 0.5) is 25.1 Å². The number of cyclic esters (lactones) is 1. The van der Waals surface area contributed by atoms with Gasteiger partial charge in [0.05, 0.1) is 18.0 Å². The van der Waals surface area contributed by atoms with E-state index in [1.54, 1.807) is 10.8 Å². The number of hydrogen-bond donors (Lipinski definition) is 1. The SMILES string of the molecule is NC(=O)C1CN(c2ccc3c(c2)OCCn2cc(N4C(=O)OCC4C(F)F)nc2-3)C1. The number of amides is 2. The zero-order chi connectivity index (χ0) is 21.0. The van der Waals surface area contributed by atoms with Gasteiger partial charge >= 0.3 is 6.09 Å². The molecule has 2 N–H and O–H groups in total. The fourth-order valence-electron chi connectivity index (χ4n) is 3.92. The van der Waals surface area contributed by atoms with Crippen molar-refractivity contribution >= 4 is 23.5 Å². The molecule has 4 heterocycles. The van der Waals surface area contributed by atoms with E-state index in [9.17, 15) is 18.4 Å². The third-order valence-corrected chi connectivity index (χ3v) is 5.65. The van der Waals surface area contributed by atoms with E-state index in [0.717, 1.165) is 10.6 Å². The zero-order valence-electron chi connectivity index (χ0n) is 15.8. The van der Waals surface area contributed by atoms with Gasteiger partial charge in [-0.1, -0.05) is 0 Å². The molecule has 0 aliphatic carbocycles. The third kappa shape index (κ3) is 2.92. The van der Waals surface area contributed by atoms with Crippen LogP contribution in [0.2, 0.25) is 0 Å². The largest absolute Gasteiger partial charge is 0.491 e. The van der Waals surface area contributed by atoms with Gasteiger partial charge in [-0.3, -0.25) is 4.79 Å². The number of carbonyl (C=O) groups is 2. The summed E-state index contributed by atoms with van der Waals surface area (Å²) >= 11 is 0. The minimum Gasteiger partial charge on any atom is -0.491 e. The van der Waals surface area contributed by atoms with Crippen molar-refractivity contribution in [3.8, 4) is 17.1 Å². The Bertz CT molecular complexity index is 1020. The molecular formula is C19H19F2N5O4. The molecule has 158 valence electrons. The van der Waals surface area contributed by atoms with Gasteiger partial charge in [0, 0.05) is 31.0 Å². The Labute approximate surface area is 169 Å². The maximum atomic E-state index is 13.3. The monoisotopic (exact) mass is 419 g/mol. The van der Waals surface area contributed by atoms with Crippen LogP contribution in [-0.2, 0) is 16.1 Å². The summed E-state index contributed by atoms with van der Waals surface area (Å²) in [5, 5.41) is 0. The molecule has 2 saturated heterocycles. The number of imidazole rings is 1. The molecule has 1 aromatic heterocycles. The Morgan fingerprint density at radius 3 is 2.80 bits per heavy atom. The Hall–Kier alpha value is -3.37. The predicted molar refractivity (Wildman–Crippen MR) is 102 cm³/mol. The molecule has 1 aromatic carbocycles. The number of nitrogens with zero attached hydrogens (tertiary/aromatic N) is 4. The first-order valence-electron chi connectivity index (χ1n) is 9.55. The summed E-state index contributed by atoms with van der Waals surface area (Å²) in [6, 6.07) is 4.22. The summed E-state index contributed by atoms with van der Waals surface area (Å²) in [6.07, 6.45) is -2.00. The number of fused-ring (bicyclic) bond motifs is 3. The van der Waals surface area contributed by atoms with Gasteiger partial charge in [0.25, 0.3) is 6.43 Å². The fourth-order valence-corrected chi connectivity index (χ4v) is 3.92. The molecule has 2 amide bonds. The van der Waals surface area contributed by atoms with Gasteiger partial charge in [0.2, 0.25) is 5.91 Å². The molecule has 0 bridgehead atoms. The van der Waals surface area contributed by atoms with E-state index >= 15 is 0 Å². The molecule has 3 aliphatic heterocycles. The Morgan fingerprint density at radius 2 is 2.07 bits per heavy atom. The predicted octanol–water partition coefficient (Wildman–Crippen LogP) is 1.45. The van der Waals surface area contributed by atoms with Gasteiger partial charge in [0.15, 0.2) is 5.82 Å². The van der Waals surface area contributed by atoms with Crippen molar-refractivity contribution in [1.82, 2.24) is 9.55 Å². The van der Waals surface area contributed by atoms with Crippen LogP contribution < -0.4 is 20.3 Å². The summed E-state index contributed by atoms with van der Waals surface area (Å²) < 4.78 is 39.1.